The van der Waals surface area contributed by atoms with Gasteiger partial charge in [0.2, 0.25) is 11.7 Å². The number of hydrogen-bond acceptors (Lipinski definition) is 5. The molecule has 0 aliphatic carbocycles. The lowest BCUT2D eigenvalue weighted by atomic mass is 10.0. The van der Waals surface area contributed by atoms with Crippen LogP contribution in [0.4, 0.5) is 18.3 Å². The van der Waals surface area contributed by atoms with Crippen molar-refractivity contribution < 1.29 is 32.7 Å². The number of ketones is 1. The number of halogens is 3. The summed E-state index contributed by atoms with van der Waals surface area (Å²) < 4.78 is 39.1. The first-order chi connectivity index (χ1) is 11.1. The van der Waals surface area contributed by atoms with Gasteiger partial charge in [-0.15, -0.1) is 0 Å². The molecule has 1 heterocycles. The van der Waals surface area contributed by atoms with Gasteiger partial charge >= 0.3 is 12.1 Å². The van der Waals surface area contributed by atoms with Crippen LogP contribution in [0.2, 0.25) is 0 Å². The lowest BCUT2D eigenvalue weighted by Crippen LogP contribution is -2.16. The molecule has 0 radical (unpaired) electrons. The molecule has 10 heteroatoms. The first kappa shape index (κ1) is 17.6. The molecule has 0 unspecified atom stereocenters. The zero-order valence-electron chi connectivity index (χ0n) is 12.0. The van der Waals surface area contributed by atoms with Crippen molar-refractivity contribution in [2.75, 3.05) is 5.32 Å². The van der Waals surface area contributed by atoms with Crippen LogP contribution < -0.4 is 5.32 Å². The van der Waals surface area contributed by atoms with Gasteiger partial charge in [-0.05, 0) is 6.07 Å². The Morgan fingerprint density at radius 1 is 1.21 bits per heavy atom. The zero-order valence-corrected chi connectivity index (χ0v) is 12.8. The van der Waals surface area contributed by atoms with Crippen LogP contribution in [0, 0.1) is 0 Å². The maximum Gasteiger partial charge on any atom is 0.417 e. The second-order valence-electron chi connectivity index (χ2n) is 4.56. The first-order valence-electron chi connectivity index (χ1n) is 6.34. The van der Waals surface area contributed by atoms with E-state index >= 15 is 0 Å². The second kappa shape index (κ2) is 6.40. The van der Waals surface area contributed by atoms with Gasteiger partial charge in [-0.3, -0.25) is 9.59 Å². The predicted molar refractivity (Wildman–Crippen MR) is 78.3 cm³/mol. The number of nitrogens with one attached hydrogen (secondary N) is 1. The molecule has 1 amide bonds. The van der Waals surface area contributed by atoms with Crippen LogP contribution in [0.15, 0.2) is 24.3 Å². The molecule has 0 aliphatic heterocycles. The molecule has 1 aromatic carbocycles. The number of amides is 1. The van der Waals surface area contributed by atoms with Gasteiger partial charge in [0.15, 0.2) is 5.13 Å². The van der Waals surface area contributed by atoms with Crippen molar-refractivity contribution in [3.05, 3.63) is 46.0 Å². The van der Waals surface area contributed by atoms with Gasteiger partial charge in [0.1, 0.15) is 10.6 Å². The number of nitrogens with zero attached hydrogens (tertiary/aromatic N) is 1. The minimum atomic E-state index is -4.79. The Kier molecular flexibility index (Phi) is 4.69. The third-order valence-electron chi connectivity index (χ3n) is 2.80. The van der Waals surface area contributed by atoms with Gasteiger partial charge < -0.3 is 10.4 Å². The summed E-state index contributed by atoms with van der Waals surface area (Å²) in [6.45, 7) is 1.14. The van der Waals surface area contributed by atoms with E-state index in [1.165, 1.54) is 6.07 Å². The molecule has 6 nitrogen and oxygen atoms in total. The fourth-order valence-corrected chi connectivity index (χ4v) is 2.73. The van der Waals surface area contributed by atoms with Gasteiger partial charge in [-0.2, -0.15) is 13.2 Å². The van der Waals surface area contributed by atoms with Crippen LogP contribution in [0.1, 0.15) is 38.2 Å². The number of alkyl halides is 3. The maximum atomic E-state index is 13.0. The van der Waals surface area contributed by atoms with Crippen LogP contribution in [-0.2, 0) is 11.0 Å². The summed E-state index contributed by atoms with van der Waals surface area (Å²) in [7, 11) is 0. The number of carboxylic acids is 1. The van der Waals surface area contributed by atoms with Crippen molar-refractivity contribution >= 4 is 34.1 Å². The molecule has 2 rings (SSSR count). The fourth-order valence-electron chi connectivity index (χ4n) is 1.88. The van der Waals surface area contributed by atoms with Crippen molar-refractivity contribution in [3.8, 4) is 0 Å². The van der Waals surface area contributed by atoms with Gasteiger partial charge in [0.25, 0.3) is 0 Å². The van der Waals surface area contributed by atoms with Crippen LogP contribution in [-0.4, -0.2) is 27.8 Å². The van der Waals surface area contributed by atoms with Crippen molar-refractivity contribution in [1.82, 2.24) is 4.98 Å². The molecule has 2 aromatic rings. The number of benzene rings is 1. The summed E-state index contributed by atoms with van der Waals surface area (Å²) in [5.74, 6) is -3.28. The summed E-state index contributed by atoms with van der Waals surface area (Å²) in [6.07, 6.45) is -4.79. The lowest BCUT2D eigenvalue weighted by Gasteiger charge is -2.11. The molecule has 0 bridgehead atoms. The van der Waals surface area contributed by atoms with Crippen molar-refractivity contribution in [2.45, 2.75) is 13.1 Å². The van der Waals surface area contributed by atoms with Crippen molar-refractivity contribution in [3.63, 3.8) is 0 Å². The molecule has 1 aromatic heterocycles. The Hall–Kier alpha value is -2.75. The van der Waals surface area contributed by atoms with Gasteiger partial charge in [0, 0.05) is 12.5 Å². The van der Waals surface area contributed by atoms with Gasteiger partial charge in [-0.1, -0.05) is 29.5 Å². The van der Waals surface area contributed by atoms with E-state index in [4.69, 9.17) is 5.11 Å². The Bertz CT molecular complexity index is 830. The Labute approximate surface area is 136 Å². The number of carbonyl (C=O) groups is 3. The SMILES string of the molecule is CC(=O)Nc1nc(C(=O)c2ccccc2C(F)(F)F)c(C(=O)O)s1. The number of aromatic nitrogens is 1. The third kappa shape index (κ3) is 3.59. The number of carbonyl (C=O) groups excluding carboxylic acids is 2. The molecule has 2 N–H and O–H groups in total. The number of anilines is 1. The second-order valence-corrected chi connectivity index (χ2v) is 5.55. The highest BCUT2D eigenvalue weighted by atomic mass is 32.1. The monoisotopic (exact) mass is 358 g/mol. The predicted octanol–water partition coefficient (Wildman–Crippen LogP) is 3.05. The molecule has 0 saturated heterocycles. The minimum Gasteiger partial charge on any atom is -0.477 e. The molecule has 0 saturated carbocycles. The van der Waals surface area contributed by atoms with Crippen LogP contribution >= 0.6 is 11.3 Å². The molecule has 126 valence electrons. The lowest BCUT2D eigenvalue weighted by molar-refractivity contribution is -0.137. The number of aromatic carboxylic acids is 1. The summed E-state index contributed by atoms with van der Waals surface area (Å²) in [5.41, 5.74) is -2.57. The number of hydrogen-bond donors (Lipinski definition) is 2. The normalized spacial score (nSPS) is 11.2. The Morgan fingerprint density at radius 2 is 1.83 bits per heavy atom. The van der Waals surface area contributed by atoms with E-state index in [-0.39, 0.29) is 5.13 Å². The maximum absolute atomic E-state index is 13.0. The van der Waals surface area contributed by atoms with E-state index in [0.717, 1.165) is 25.1 Å². The summed E-state index contributed by atoms with van der Waals surface area (Å²) in [5, 5.41) is 11.1. The molecule has 0 fully saturated rings. The van der Waals surface area contributed by atoms with Crippen LogP contribution in [0.25, 0.3) is 0 Å². The largest absolute Gasteiger partial charge is 0.477 e. The molecular weight excluding hydrogens is 349 g/mol. The van der Waals surface area contributed by atoms with E-state index in [9.17, 15) is 27.6 Å². The van der Waals surface area contributed by atoms with Crippen molar-refractivity contribution in [1.29, 1.82) is 0 Å². The van der Waals surface area contributed by atoms with E-state index < -0.39 is 45.5 Å². The number of rotatable bonds is 4. The summed E-state index contributed by atoms with van der Waals surface area (Å²) >= 11 is 0.488. The van der Waals surface area contributed by atoms with Crippen LogP contribution in [0.5, 0.6) is 0 Å². The average molecular weight is 358 g/mol. The van der Waals surface area contributed by atoms with Gasteiger partial charge in [-0.25, -0.2) is 9.78 Å². The molecule has 24 heavy (non-hydrogen) atoms. The highest BCUT2D eigenvalue weighted by molar-refractivity contribution is 7.17. The zero-order chi connectivity index (χ0) is 18.1. The fraction of sp³-hybridized carbons (Fsp3) is 0.143. The van der Waals surface area contributed by atoms with E-state index in [1.54, 1.807) is 0 Å². The van der Waals surface area contributed by atoms with E-state index in [2.05, 4.69) is 10.3 Å². The Balaban J connectivity index is 2.57. The number of carboxylic acid groups (broad SMARTS) is 1. The summed E-state index contributed by atoms with van der Waals surface area (Å²) in [6, 6.07) is 3.99. The van der Waals surface area contributed by atoms with Crippen LogP contribution in [0.3, 0.4) is 0 Å². The standard InChI is InChI=1S/C14H9F3N2O4S/c1-6(20)18-13-19-9(11(24-13)12(22)23)10(21)7-4-2-3-5-8(7)14(15,16)17/h2-5H,1H3,(H,22,23)(H,18,19,20). The smallest absolute Gasteiger partial charge is 0.417 e. The van der Waals surface area contributed by atoms with Gasteiger partial charge in [0.05, 0.1) is 5.56 Å². The molecule has 0 atom stereocenters. The van der Waals surface area contributed by atoms with E-state index in [0.29, 0.717) is 11.3 Å². The van der Waals surface area contributed by atoms with E-state index in [1.807, 2.05) is 0 Å². The third-order valence-corrected chi connectivity index (χ3v) is 3.76. The molecule has 0 aliphatic rings. The first-order valence-corrected chi connectivity index (χ1v) is 7.15. The highest BCUT2D eigenvalue weighted by Gasteiger charge is 2.36. The average Bonchev–Trinajstić information content (AvgIpc) is 2.89. The highest BCUT2D eigenvalue weighted by Crippen LogP contribution is 2.34. The molecular formula is C14H9F3N2O4S. The summed E-state index contributed by atoms with van der Waals surface area (Å²) in [4.78, 5) is 37.7. The minimum absolute atomic E-state index is 0.187. The molecule has 0 spiro atoms. The van der Waals surface area contributed by atoms with Crippen molar-refractivity contribution in [2.24, 2.45) is 0 Å². The quantitative estimate of drug-likeness (QED) is 0.819. The number of thiazole rings is 1. The topological polar surface area (TPSA) is 96.4 Å². The Morgan fingerprint density at radius 3 is 2.38 bits per heavy atom.